The number of hydrogen-bond donors (Lipinski definition) is 0. The zero-order valence-electron chi connectivity index (χ0n) is 16.0. The molecule has 0 saturated heterocycles. The van der Waals surface area contributed by atoms with E-state index in [1.807, 2.05) is 0 Å². The van der Waals surface area contributed by atoms with Gasteiger partial charge in [0.15, 0.2) is 23.1 Å². The normalized spacial score (nSPS) is 19.5. The number of hydrogen-bond acceptors (Lipinski definition) is 2. The summed E-state index contributed by atoms with van der Waals surface area (Å²) in [6.07, 6.45) is 3.27. The summed E-state index contributed by atoms with van der Waals surface area (Å²) >= 11 is 0. The maximum Gasteiger partial charge on any atom is 0.200 e. The molecule has 1 fully saturated rings. The molecule has 0 N–H and O–H groups in total. The van der Waals surface area contributed by atoms with Crippen LogP contribution in [0.2, 0.25) is 0 Å². The number of ether oxygens (including phenoxy) is 2. The molecule has 1 aliphatic carbocycles. The fourth-order valence-electron chi connectivity index (χ4n) is 3.82. The molecule has 0 unspecified atom stereocenters. The monoisotopic (exact) mass is 396 g/mol. The van der Waals surface area contributed by atoms with Crippen molar-refractivity contribution in [3.05, 3.63) is 58.7 Å². The smallest absolute Gasteiger partial charge is 0.200 e. The second-order valence-electron chi connectivity index (χ2n) is 7.22. The van der Waals surface area contributed by atoms with Gasteiger partial charge in [0.1, 0.15) is 0 Å². The van der Waals surface area contributed by atoms with Crippen LogP contribution in [0.1, 0.15) is 49.7 Å². The fraction of sp³-hybridized carbons (Fsp3) is 0.455. The summed E-state index contributed by atoms with van der Waals surface area (Å²) in [6.45, 7) is 2.03. The summed E-state index contributed by atoms with van der Waals surface area (Å²) in [4.78, 5) is 0. The molecule has 0 aromatic heterocycles. The van der Waals surface area contributed by atoms with Gasteiger partial charge >= 0.3 is 0 Å². The molecule has 0 bridgehead atoms. The van der Waals surface area contributed by atoms with Gasteiger partial charge in [0.05, 0.1) is 13.7 Å². The molecular weight excluding hydrogens is 372 g/mol. The highest BCUT2D eigenvalue weighted by Crippen LogP contribution is 2.39. The van der Waals surface area contributed by atoms with E-state index in [9.17, 15) is 17.6 Å². The Kier molecular flexibility index (Phi) is 6.47. The van der Waals surface area contributed by atoms with Gasteiger partial charge < -0.3 is 9.47 Å². The highest BCUT2D eigenvalue weighted by atomic mass is 19.2. The Morgan fingerprint density at radius 3 is 2.11 bits per heavy atom. The lowest BCUT2D eigenvalue weighted by molar-refractivity contribution is 0.191. The number of methoxy groups -OCH3 is 1. The Bertz CT molecular complexity index is 830. The average Bonchev–Trinajstić information content (AvgIpc) is 2.72. The first kappa shape index (κ1) is 20.5. The van der Waals surface area contributed by atoms with Crippen molar-refractivity contribution in [3.8, 4) is 11.5 Å². The Hall–Kier alpha value is -2.24. The summed E-state index contributed by atoms with van der Waals surface area (Å²) in [6, 6.07) is 6.01. The number of halogens is 4. The summed E-state index contributed by atoms with van der Waals surface area (Å²) < 4.78 is 66.4. The quantitative estimate of drug-likeness (QED) is 0.544. The van der Waals surface area contributed by atoms with Gasteiger partial charge in [-0.2, -0.15) is 8.78 Å². The Morgan fingerprint density at radius 1 is 0.821 bits per heavy atom. The Labute approximate surface area is 162 Å². The second kappa shape index (κ2) is 8.84. The van der Waals surface area contributed by atoms with Crippen molar-refractivity contribution in [1.82, 2.24) is 0 Å². The van der Waals surface area contributed by atoms with Crippen molar-refractivity contribution in [2.75, 3.05) is 13.7 Å². The highest BCUT2D eigenvalue weighted by molar-refractivity contribution is 5.33. The molecule has 152 valence electrons. The third kappa shape index (κ3) is 4.10. The van der Waals surface area contributed by atoms with Gasteiger partial charge in [-0.25, -0.2) is 8.78 Å². The van der Waals surface area contributed by atoms with Gasteiger partial charge in [-0.3, -0.25) is 0 Å². The van der Waals surface area contributed by atoms with Crippen molar-refractivity contribution in [2.24, 2.45) is 5.92 Å². The summed E-state index contributed by atoms with van der Waals surface area (Å²) in [5, 5.41) is 0. The van der Waals surface area contributed by atoms with Gasteiger partial charge in [-0.1, -0.05) is 19.1 Å². The molecule has 2 aromatic carbocycles. The molecule has 28 heavy (non-hydrogen) atoms. The highest BCUT2D eigenvalue weighted by Gasteiger charge is 2.27. The molecule has 0 spiro atoms. The van der Waals surface area contributed by atoms with Crippen LogP contribution in [0.3, 0.4) is 0 Å². The summed E-state index contributed by atoms with van der Waals surface area (Å²) in [5.41, 5.74) is 0.681. The Morgan fingerprint density at radius 2 is 1.46 bits per heavy atom. The molecule has 6 heteroatoms. The number of rotatable bonds is 6. The average molecular weight is 396 g/mol. The van der Waals surface area contributed by atoms with Gasteiger partial charge in [-0.05, 0) is 67.2 Å². The lowest BCUT2D eigenvalue weighted by atomic mass is 9.79. The minimum absolute atomic E-state index is 0.0744. The maximum absolute atomic E-state index is 14.3. The first-order chi connectivity index (χ1) is 13.5. The predicted octanol–water partition coefficient (Wildman–Crippen LogP) is 6.17. The van der Waals surface area contributed by atoms with Crippen molar-refractivity contribution in [1.29, 1.82) is 0 Å². The third-order valence-electron chi connectivity index (χ3n) is 5.57. The van der Waals surface area contributed by atoms with E-state index >= 15 is 0 Å². The van der Waals surface area contributed by atoms with Crippen molar-refractivity contribution in [3.63, 3.8) is 0 Å². The van der Waals surface area contributed by atoms with Gasteiger partial charge in [0, 0.05) is 0 Å². The van der Waals surface area contributed by atoms with Crippen molar-refractivity contribution < 1.29 is 27.0 Å². The van der Waals surface area contributed by atoms with Gasteiger partial charge in [0.2, 0.25) is 11.6 Å². The van der Waals surface area contributed by atoms with Gasteiger partial charge in [0.25, 0.3) is 0 Å². The van der Waals surface area contributed by atoms with Crippen LogP contribution in [0, 0.1) is 29.2 Å². The van der Waals surface area contributed by atoms with E-state index in [0.717, 1.165) is 12.8 Å². The van der Waals surface area contributed by atoms with Crippen LogP contribution in [0.5, 0.6) is 11.5 Å². The molecule has 0 heterocycles. The first-order valence-corrected chi connectivity index (χ1v) is 9.57. The number of aryl methyl sites for hydroxylation is 1. The number of benzene rings is 2. The van der Waals surface area contributed by atoms with Crippen LogP contribution in [-0.2, 0) is 6.42 Å². The molecule has 2 aromatic rings. The molecule has 0 atom stereocenters. The van der Waals surface area contributed by atoms with Crippen LogP contribution in [0.4, 0.5) is 17.6 Å². The third-order valence-corrected chi connectivity index (χ3v) is 5.57. The molecule has 1 aliphatic rings. The molecule has 0 amide bonds. The molecule has 0 aliphatic heterocycles. The lowest BCUT2D eigenvalue weighted by Crippen LogP contribution is -2.20. The predicted molar refractivity (Wildman–Crippen MR) is 98.8 cm³/mol. The molecule has 2 nitrogen and oxygen atoms in total. The fourth-order valence-corrected chi connectivity index (χ4v) is 3.82. The lowest BCUT2D eigenvalue weighted by Gasteiger charge is -2.29. The van der Waals surface area contributed by atoms with Crippen LogP contribution >= 0.6 is 0 Å². The molecule has 3 rings (SSSR count). The van der Waals surface area contributed by atoms with Gasteiger partial charge in [-0.15, -0.1) is 0 Å². The molecule has 1 saturated carbocycles. The summed E-state index contributed by atoms with van der Waals surface area (Å²) in [7, 11) is 1.30. The minimum atomic E-state index is -0.960. The van der Waals surface area contributed by atoms with Crippen LogP contribution < -0.4 is 9.47 Å². The minimum Gasteiger partial charge on any atom is -0.494 e. The van der Waals surface area contributed by atoms with E-state index in [1.54, 1.807) is 13.0 Å². The largest absolute Gasteiger partial charge is 0.494 e. The Balaban J connectivity index is 1.58. The first-order valence-electron chi connectivity index (χ1n) is 9.57. The SMILES string of the molecule is CCc1ccc(OCC2CCC(c3ccc(OC)c(F)c3F)CC2)c(F)c1F. The van der Waals surface area contributed by atoms with E-state index in [4.69, 9.17) is 9.47 Å². The van der Waals surface area contributed by atoms with Crippen LogP contribution in [0.25, 0.3) is 0 Å². The van der Waals surface area contributed by atoms with Crippen molar-refractivity contribution in [2.45, 2.75) is 44.9 Å². The van der Waals surface area contributed by atoms with E-state index in [1.165, 1.54) is 25.3 Å². The van der Waals surface area contributed by atoms with Crippen molar-refractivity contribution >= 4 is 0 Å². The van der Waals surface area contributed by atoms with E-state index in [0.29, 0.717) is 30.4 Å². The molecular formula is C22H24F4O2. The van der Waals surface area contributed by atoms with E-state index in [2.05, 4.69) is 0 Å². The standard InChI is InChI=1S/C22H24F4O2/c1-3-14-8-10-18(22(26)19(14)23)28-12-13-4-6-15(7-5-13)16-9-11-17(27-2)21(25)20(16)24/h8-11,13,15H,3-7,12H2,1-2H3. The topological polar surface area (TPSA) is 18.5 Å². The second-order valence-corrected chi connectivity index (χ2v) is 7.22. The van der Waals surface area contributed by atoms with E-state index < -0.39 is 23.3 Å². The maximum atomic E-state index is 14.3. The molecule has 0 radical (unpaired) electrons. The zero-order chi connectivity index (χ0) is 20.3. The van der Waals surface area contributed by atoms with E-state index in [-0.39, 0.29) is 29.9 Å². The zero-order valence-corrected chi connectivity index (χ0v) is 16.0. The van der Waals surface area contributed by atoms with Crippen LogP contribution in [0.15, 0.2) is 24.3 Å². The summed E-state index contributed by atoms with van der Waals surface area (Å²) in [5.74, 6) is -3.73. The van der Waals surface area contributed by atoms with Crippen LogP contribution in [-0.4, -0.2) is 13.7 Å².